The summed E-state index contributed by atoms with van der Waals surface area (Å²) in [5.41, 5.74) is -0.674. The Kier molecular flexibility index (Phi) is 5.83. The molecule has 2 aliphatic rings. The smallest absolute Gasteiger partial charge is 0.325 e. The average molecular weight is 375 g/mol. The number of methoxy groups -OCH3 is 1. The van der Waals surface area contributed by atoms with E-state index in [0.717, 1.165) is 12.8 Å². The third-order valence-corrected chi connectivity index (χ3v) is 5.01. The number of imide groups is 1. The number of carbonyl (C=O) groups is 3. The number of rotatable bonds is 8. The second-order valence-corrected chi connectivity index (χ2v) is 6.84. The molecule has 1 saturated carbocycles. The molecule has 0 radical (unpaired) electrons. The molecule has 27 heavy (non-hydrogen) atoms. The van der Waals surface area contributed by atoms with Gasteiger partial charge in [-0.3, -0.25) is 14.5 Å². The Labute approximate surface area is 158 Å². The summed E-state index contributed by atoms with van der Waals surface area (Å²) in [6.45, 7) is 0.569. The van der Waals surface area contributed by atoms with Gasteiger partial charge in [0, 0.05) is 13.1 Å². The zero-order valence-electron chi connectivity index (χ0n) is 15.5. The quantitative estimate of drug-likeness (QED) is 0.529. The van der Waals surface area contributed by atoms with Crippen LogP contribution in [0.4, 0.5) is 4.79 Å². The number of urea groups is 1. The minimum atomic E-state index is -0.674. The highest BCUT2D eigenvalue weighted by atomic mass is 16.5. The van der Waals surface area contributed by atoms with Gasteiger partial charge in [0.05, 0.1) is 7.11 Å². The molecule has 0 bridgehead atoms. The molecule has 2 N–H and O–H groups in total. The first kappa shape index (κ1) is 19.0. The molecular weight excluding hydrogens is 350 g/mol. The molecule has 2 fully saturated rings. The molecule has 1 aromatic rings. The lowest BCUT2D eigenvalue weighted by Gasteiger charge is -2.20. The number of carbonyl (C=O) groups excluding carboxylic acids is 3. The Balaban J connectivity index is 1.35. The summed E-state index contributed by atoms with van der Waals surface area (Å²) < 4.78 is 10.5. The van der Waals surface area contributed by atoms with E-state index in [1.165, 1.54) is 4.90 Å². The van der Waals surface area contributed by atoms with Crippen LogP contribution in [0.2, 0.25) is 0 Å². The van der Waals surface area contributed by atoms with E-state index in [-0.39, 0.29) is 24.5 Å². The molecule has 0 atom stereocenters. The van der Waals surface area contributed by atoms with Crippen molar-refractivity contribution in [1.82, 2.24) is 15.5 Å². The fourth-order valence-corrected chi connectivity index (χ4v) is 3.53. The van der Waals surface area contributed by atoms with Crippen LogP contribution in [0, 0.1) is 0 Å². The van der Waals surface area contributed by atoms with Gasteiger partial charge in [-0.1, -0.05) is 12.8 Å². The molecule has 1 spiro atoms. The van der Waals surface area contributed by atoms with Gasteiger partial charge in [-0.15, -0.1) is 0 Å². The molecule has 146 valence electrons. The molecular formula is C19H25N3O5. The van der Waals surface area contributed by atoms with Crippen LogP contribution in [0.5, 0.6) is 11.5 Å². The fourth-order valence-electron chi connectivity index (χ4n) is 3.53. The third kappa shape index (κ3) is 4.32. The highest BCUT2D eigenvalue weighted by Gasteiger charge is 2.51. The lowest BCUT2D eigenvalue weighted by Crippen LogP contribution is -2.44. The summed E-state index contributed by atoms with van der Waals surface area (Å²) >= 11 is 0. The maximum absolute atomic E-state index is 12.5. The van der Waals surface area contributed by atoms with Crippen LogP contribution in [0.15, 0.2) is 24.3 Å². The van der Waals surface area contributed by atoms with Gasteiger partial charge in [-0.05, 0) is 43.5 Å². The van der Waals surface area contributed by atoms with Crippen molar-refractivity contribution in [2.75, 3.05) is 26.8 Å². The number of ether oxygens (including phenoxy) is 2. The van der Waals surface area contributed by atoms with E-state index in [9.17, 15) is 14.4 Å². The van der Waals surface area contributed by atoms with Crippen molar-refractivity contribution in [3.8, 4) is 11.5 Å². The van der Waals surface area contributed by atoms with E-state index in [1.54, 1.807) is 31.4 Å². The largest absolute Gasteiger partial charge is 0.497 e. The predicted octanol–water partition coefficient (Wildman–Crippen LogP) is 1.44. The van der Waals surface area contributed by atoms with Crippen LogP contribution >= 0.6 is 0 Å². The number of hydrogen-bond donors (Lipinski definition) is 2. The van der Waals surface area contributed by atoms with Crippen molar-refractivity contribution in [2.24, 2.45) is 0 Å². The van der Waals surface area contributed by atoms with Crippen LogP contribution in [0.25, 0.3) is 0 Å². The zero-order valence-corrected chi connectivity index (χ0v) is 15.5. The number of nitrogens with one attached hydrogen (secondary N) is 2. The Morgan fingerprint density at radius 3 is 2.52 bits per heavy atom. The summed E-state index contributed by atoms with van der Waals surface area (Å²) in [6, 6.07) is 6.63. The van der Waals surface area contributed by atoms with E-state index in [1.807, 2.05) is 0 Å². The molecule has 8 heteroatoms. The normalized spacial score (nSPS) is 17.9. The molecule has 3 rings (SSSR count). The van der Waals surface area contributed by atoms with Crippen LogP contribution < -0.4 is 20.1 Å². The summed E-state index contributed by atoms with van der Waals surface area (Å²) in [6.07, 6.45) is 3.86. The standard InChI is InChI=1S/C19H25N3O5/c1-26-14-5-7-15(8-6-14)27-13-16(23)20-11-4-12-22-17(24)19(21-18(22)25)9-2-3-10-19/h5-8H,2-4,9-13H2,1H3,(H,20,23)(H,21,25). The van der Waals surface area contributed by atoms with Gasteiger partial charge in [-0.2, -0.15) is 0 Å². The maximum atomic E-state index is 12.5. The van der Waals surface area contributed by atoms with Gasteiger partial charge in [0.1, 0.15) is 17.0 Å². The second-order valence-electron chi connectivity index (χ2n) is 6.84. The van der Waals surface area contributed by atoms with E-state index < -0.39 is 5.54 Å². The van der Waals surface area contributed by atoms with Gasteiger partial charge >= 0.3 is 6.03 Å². The van der Waals surface area contributed by atoms with Crippen molar-refractivity contribution in [2.45, 2.75) is 37.6 Å². The minimum Gasteiger partial charge on any atom is -0.497 e. The van der Waals surface area contributed by atoms with Gasteiger partial charge in [0.25, 0.3) is 11.8 Å². The molecule has 1 aliphatic heterocycles. The molecule has 8 nitrogen and oxygen atoms in total. The lowest BCUT2D eigenvalue weighted by atomic mass is 9.98. The molecule has 1 heterocycles. The summed E-state index contributed by atoms with van der Waals surface area (Å²) in [7, 11) is 1.58. The Bertz CT molecular complexity index is 698. The predicted molar refractivity (Wildman–Crippen MR) is 97.6 cm³/mol. The summed E-state index contributed by atoms with van der Waals surface area (Å²) in [5.74, 6) is 0.910. The number of amides is 4. The molecule has 1 aromatic carbocycles. The van der Waals surface area contributed by atoms with Crippen molar-refractivity contribution in [3.63, 3.8) is 0 Å². The van der Waals surface area contributed by atoms with E-state index in [4.69, 9.17) is 9.47 Å². The first-order valence-electron chi connectivity index (χ1n) is 9.22. The van der Waals surface area contributed by atoms with E-state index in [0.29, 0.717) is 43.9 Å². The lowest BCUT2D eigenvalue weighted by molar-refractivity contribution is -0.131. The van der Waals surface area contributed by atoms with E-state index in [2.05, 4.69) is 10.6 Å². The Morgan fingerprint density at radius 2 is 1.85 bits per heavy atom. The molecule has 1 saturated heterocycles. The summed E-state index contributed by atoms with van der Waals surface area (Å²) in [5, 5.41) is 5.58. The van der Waals surface area contributed by atoms with Crippen LogP contribution in [-0.4, -0.2) is 55.1 Å². The zero-order chi connectivity index (χ0) is 19.3. The second kappa shape index (κ2) is 8.28. The van der Waals surface area contributed by atoms with Gasteiger partial charge in [-0.25, -0.2) is 4.79 Å². The molecule has 1 aliphatic carbocycles. The van der Waals surface area contributed by atoms with E-state index >= 15 is 0 Å². The first-order chi connectivity index (χ1) is 13.0. The van der Waals surface area contributed by atoms with Crippen molar-refractivity contribution < 1.29 is 23.9 Å². The molecule has 0 aromatic heterocycles. The Hall–Kier alpha value is -2.77. The highest BCUT2D eigenvalue weighted by molar-refractivity contribution is 6.07. The first-order valence-corrected chi connectivity index (χ1v) is 9.22. The number of nitrogens with zero attached hydrogens (tertiary/aromatic N) is 1. The van der Waals surface area contributed by atoms with Gasteiger partial charge in [0.2, 0.25) is 0 Å². The monoisotopic (exact) mass is 375 g/mol. The van der Waals surface area contributed by atoms with Crippen molar-refractivity contribution >= 4 is 17.8 Å². The minimum absolute atomic E-state index is 0.0986. The number of hydrogen-bond acceptors (Lipinski definition) is 5. The van der Waals surface area contributed by atoms with Crippen molar-refractivity contribution in [3.05, 3.63) is 24.3 Å². The van der Waals surface area contributed by atoms with Crippen LogP contribution in [0.3, 0.4) is 0 Å². The Morgan fingerprint density at radius 1 is 1.19 bits per heavy atom. The molecule has 4 amide bonds. The average Bonchev–Trinajstić information content (AvgIpc) is 3.24. The highest BCUT2D eigenvalue weighted by Crippen LogP contribution is 2.34. The maximum Gasteiger partial charge on any atom is 0.325 e. The van der Waals surface area contributed by atoms with Gasteiger partial charge < -0.3 is 20.1 Å². The van der Waals surface area contributed by atoms with Gasteiger partial charge in [0.15, 0.2) is 6.61 Å². The van der Waals surface area contributed by atoms with Crippen LogP contribution in [-0.2, 0) is 9.59 Å². The fraction of sp³-hybridized carbons (Fsp3) is 0.526. The SMILES string of the molecule is COc1ccc(OCC(=O)NCCCN2C(=O)NC3(CCCC3)C2=O)cc1. The summed E-state index contributed by atoms with van der Waals surface area (Å²) in [4.78, 5) is 37.7. The van der Waals surface area contributed by atoms with Crippen molar-refractivity contribution in [1.29, 1.82) is 0 Å². The number of benzene rings is 1. The third-order valence-electron chi connectivity index (χ3n) is 5.01. The topological polar surface area (TPSA) is 97.0 Å². The van der Waals surface area contributed by atoms with Crippen LogP contribution in [0.1, 0.15) is 32.1 Å². The molecule has 0 unspecified atom stereocenters.